The molecule has 25 heavy (non-hydrogen) atoms. The van der Waals surface area contributed by atoms with E-state index in [2.05, 4.69) is 5.32 Å². The van der Waals surface area contributed by atoms with E-state index < -0.39 is 4.92 Å². The van der Waals surface area contributed by atoms with E-state index in [1.807, 2.05) is 0 Å². The fourth-order valence-electron chi connectivity index (χ4n) is 3.03. The number of nitrogens with zero attached hydrogens (tertiary/aromatic N) is 2. The summed E-state index contributed by atoms with van der Waals surface area (Å²) in [4.78, 5) is 36.8. The van der Waals surface area contributed by atoms with Crippen molar-refractivity contribution in [1.82, 2.24) is 10.2 Å². The van der Waals surface area contributed by atoms with Crippen molar-refractivity contribution in [3.63, 3.8) is 0 Å². The Balaban J connectivity index is 1.65. The van der Waals surface area contributed by atoms with Gasteiger partial charge in [-0.1, -0.05) is 0 Å². The maximum absolute atomic E-state index is 12.7. The number of nitrogens with one attached hydrogen (secondary N) is 1. The molecular formula is C17H21N3O5. The summed E-state index contributed by atoms with van der Waals surface area (Å²) in [6.07, 6.45) is 3.23. The van der Waals surface area contributed by atoms with Crippen LogP contribution in [0.15, 0.2) is 18.2 Å². The van der Waals surface area contributed by atoms with Gasteiger partial charge in [-0.25, -0.2) is 0 Å². The molecule has 8 nitrogen and oxygen atoms in total. The second-order valence-corrected chi connectivity index (χ2v) is 6.49. The lowest BCUT2D eigenvalue weighted by atomic mass is 10.0. The first-order valence-corrected chi connectivity index (χ1v) is 8.41. The second kappa shape index (κ2) is 7.08. The molecule has 1 aromatic carbocycles. The lowest BCUT2D eigenvalue weighted by Crippen LogP contribution is -2.47. The maximum Gasteiger partial charge on any atom is 0.282 e. The van der Waals surface area contributed by atoms with Gasteiger partial charge in [0.2, 0.25) is 5.91 Å². The molecule has 1 heterocycles. The topological polar surface area (TPSA) is 102 Å². The molecule has 3 rings (SSSR count). The maximum atomic E-state index is 12.7. The number of methoxy groups -OCH3 is 1. The Kier molecular flexibility index (Phi) is 4.87. The van der Waals surface area contributed by atoms with Gasteiger partial charge in [0, 0.05) is 31.1 Å². The molecule has 0 atom stereocenters. The molecule has 0 bridgehead atoms. The molecule has 2 fully saturated rings. The lowest BCUT2D eigenvalue weighted by Gasteiger charge is -2.32. The zero-order valence-corrected chi connectivity index (χ0v) is 14.1. The fourth-order valence-corrected chi connectivity index (χ4v) is 3.03. The Hall–Kier alpha value is -2.64. The number of piperidine rings is 1. The van der Waals surface area contributed by atoms with Crippen LogP contribution in [0.4, 0.5) is 5.69 Å². The minimum Gasteiger partial charge on any atom is -0.497 e. The molecule has 1 aliphatic carbocycles. The Morgan fingerprint density at radius 3 is 2.48 bits per heavy atom. The van der Waals surface area contributed by atoms with Gasteiger partial charge in [-0.15, -0.1) is 0 Å². The van der Waals surface area contributed by atoms with Crippen LogP contribution in [-0.2, 0) is 4.79 Å². The van der Waals surface area contributed by atoms with Gasteiger partial charge in [0.15, 0.2) is 0 Å². The molecule has 0 aromatic heterocycles. The van der Waals surface area contributed by atoms with Gasteiger partial charge < -0.3 is 15.0 Å². The molecule has 0 radical (unpaired) electrons. The van der Waals surface area contributed by atoms with Crippen molar-refractivity contribution < 1.29 is 19.2 Å². The molecule has 8 heteroatoms. The zero-order valence-electron chi connectivity index (χ0n) is 14.1. The number of carbonyl (C=O) groups is 2. The monoisotopic (exact) mass is 347 g/mol. The summed E-state index contributed by atoms with van der Waals surface area (Å²) >= 11 is 0. The van der Waals surface area contributed by atoms with Crippen molar-refractivity contribution in [2.24, 2.45) is 5.92 Å². The van der Waals surface area contributed by atoms with Crippen molar-refractivity contribution >= 4 is 17.5 Å². The van der Waals surface area contributed by atoms with Crippen molar-refractivity contribution in [2.45, 2.75) is 31.7 Å². The van der Waals surface area contributed by atoms with Gasteiger partial charge in [0.05, 0.1) is 12.0 Å². The van der Waals surface area contributed by atoms with Crippen molar-refractivity contribution in [3.8, 4) is 5.75 Å². The van der Waals surface area contributed by atoms with Crippen LogP contribution in [0.2, 0.25) is 0 Å². The Morgan fingerprint density at radius 2 is 1.92 bits per heavy atom. The number of carbonyl (C=O) groups excluding carboxylic acids is 2. The summed E-state index contributed by atoms with van der Waals surface area (Å²) in [5, 5.41) is 14.2. The van der Waals surface area contributed by atoms with Gasteiger partial charge >= 0.3 is 0 Å². The highest BCUT2D eigenvalue weighted by Gasteiger charge is 2.33. The molecule has 134 valence electrons. The Morgan fingerprint density at radius 1 is 1.24 bits per heavy atom. The van der Waals surface area contributed by atoms with E-state index in [1.165, 1.54) is 25.3 Å². The standard InChI is InChI=1S/C17H21N3O5/c1-25-13-4-5-15(20(23)24)14(10-13)17(22)19-8-6-12(7-9-19)18-16(21)11-2-3-11/h4-5,10-12H,2-3,6-9H2,1H3,(H,18,21). The highest BCUT2D eigenvalue weighted by atomic mass is 16.6. The molecule has 1 aliphatic heterocycles. The summed E-state index contributed by atoms with van der Waals surface area (Å²) < 4.78 is 5.08. The van der Waals surface area contributed by atoms with Crippen LogP contribution in [0, 0.1) is 16.0 Å². The molecular weight excluding hydrogens is 326 g/mol. The second-order valence-electron chi connectivity index (χ2n) is 6.49. The smallest absolute Gasteiger partial charge is 0.282 e. The third-order valence-corrected chi connectivity index (χ3v) is 4.71. The summed E-state index contributed by atoms with van der Waals surface area (Å²) in [6, 6.07) is 4.22. The summed E-state index contributed by atoms with van der Waals surface area (Å²) in [5.41, 5.74) is -0.195. The van der Waals surface area contributed by atoms with Gasteiger partial charge in [-0.2, -0.15) is 0 Å². The van der Waals surface area contributed by atoms with E-state index in [4.69, 9.17) is 4.74 Å². The summed E-state index contributed by atoms with van der Waals surface area (Å²) in [5.74, 6) is 0.297. The summed E-state index contributed by atoms with van der Waals surface area (Å²) in [7, 11) is 1.45. The quantitative estimate of drug-likeness (QED) is 0.646. The van der Waals surface area contributed by atoms with Crippen molar-refractivity contribution in [3.05, 3.63) is 33.9 Å². The van der Waals surface area contributed by atoms with Gasteiger partial charge in [-0.05, 0) is 37.8 Å². The lowest BCUT2D eigenvalue weighted by molar-refractivity contribution is -0.385. The first-order valence-electron chi connectivity index (χ1n) is 8.41. The minimum atomic E-state index is -0.560. The summed E-state index contributed by atoms with van der Waals surface area (Å²) in [6.45, 7) is 0.922. The van der Waals surface area contributed by atoms with Crippen LogP contribution in [0.5, 0.6) is 5.75 Å². The average molecular weight is 347 g/mol. The number of rotatable bonds is 5. The SMILES string of the molecule is COc1ccc([N+](=O)[O-])c(C(=O)N2CCC(NC(=O)C3CC3)CC2)c1. The zero-order chi connectivity index (χ0) is 18.0. The molecule has 2 aliphatic rings. The average Bonchev–Trinajstić information content (AvgIpc) is 3.46. The van der Waals surface area contributed by atoms with Crippen molar-refractivity contribution in [2.75, 3.05) is 20.2 Å². The van der Waals surface area contributed by atoms with E-state index in [0.29, 0.717) is 31.7 Å². The number of hydrogen-bond acceptors (Lipinski definition) is 5. The van der Waals surface area contributed by atoms with E-state index in [-0.39, 0.29) is 35.0 Å². The molecule has 1 N–H and O–H groups in total. The van der Waals surface area contributed by atoms with Crippen LogP contribution < -0.4 is 10.1 Å². The fraction of sp³-hybridized carbons (Fsp3) is 0.529. The number of nitro groups is 1. The largest absolute Gasteiger partial charge is 0.497 e. The van der Waals surface area contributed by atoms with E-state index in [1.54, 1.807) is 4.90 Å². The first kappa shape index (κ1) is 17.2. The molecule has 1 saturated carbocycles. The number of nitro benzene ring substituents is 1. The molecule has 0 spiro atoms. The van der Waals surface area contributed by atoms with E-state index >= 15 is 0 Å². The molecule has 1 saturated heterocycles. The van der Waals surface area contributed by atoms with Crippen molar-refractivity contribution in [1.29, 1.82) is 0 Å². The van der Waals surface area contributed by atoms with Crippen LogP contribution >= 0.6 is 0 Å². The highest BCUT2D eigenvalue weighted by Crippen LogP contribution is 2.30. The van der Waals surface area contributed by atoms with E-state index in [9.17, 15) is 19.7 Å². The third kappa shape index (κ3) is 3.89. The Bertz CT molecular complexity index is 694. The van der Waals surface area contributed by atoms with E-state index in [0.717, 1.165) is 12.8 Å². The van der Waals surface area contributed by atoms with Crippen LogP contribution in [0.1, 0.15) is 36.0 Å². The number of amides is 2. The number of benzene rings is 1. The Labute approximate surface area is 145 Å². The normalized spacial score (nSPS) is 17.9. The van der Waals surface area contributed by atoms with Crippen LogP contribution in [0.3, 0.4) is 0 Å². The third-order valence-electron chi connectivity index (χ3n) is 4.71. The number of hydrogen-bond donors (Lipinski definition) is 1. The first-order chi connectivity index (χ1) is 12.0. The number of ether oxygens (including phenoxy) is 1. The molecule has 1 aromatic rings. The van der Waals surface area contributed by atoms with Crippen LogP contribution in [-0.4, -0.2) is 47.9 Å². The predicted octanol–water partition coefficient (Wildman–Crippen LogP) is 1.73. The minimum absolute atomic E-state index is 0.0322. The van der Waals surface area contributed by atoms with Crippen LogP contribution in [0.25, 0.3) is 0 Å². The number of likely N-dealkylation sites (tertiary alicyclic amines) is 1. The molecule has 0 unspecified atom stereocenters. The predicted molar refractivity (Wildman–Crippen MR) is 89.4 cm³/mol. The molecule has 2 amide bonds. The van der Waals surface area contributed by atoms with Gasteiger partial charge in [0.25, 0.3) is 11.6 Å². The van der Waals surface area contributed by atoms with Gasteiger partial charge in [-0.3, -0.25) is 19.7 Å². The van der Waals surface area contributed by atoms with Gasteiger partial charge in [0.1, 0.15) is 11.3 Å². The highest BCUT2D eigenvalue weighted by molar-refractivity contribution is 5.98.